The lowest BCUT2D eigenvalue weighted by molar-refractivity contribution is 1.07. The number of hydrogen-bond donors (Lipinski definition) is 0. The fourth-order valence-corrected chi connectivity index (χ4v) is 9.17. The van der Waals surface area contributed by atoms with Gasteiger partial charge in [-0.1, -0.05) is 139 Å². The Labute approximate surface area is 314 Å². The van der Waals surface area contributed by atoms with Crippen molar-refractivity contribution in [2.45, 2.75) is 20.8 Å². The van der Waals surface area contributed by atoms with E-state index in [0.717, 1.165) is 22.2 Å². The Hall–Kier alpha value is -6.79. The Kier molecular flexibility index (Phi) is 6.62. The van der Waals surface area contributed by atoms with Crippen molar-refractivity contribution >= 4 is 56.6 Å². The lowest BCUT2D eigenvalue weighted by Gasteiger charge is -2.41. The first-order valence-electron chi connectivity index (χ1n) is 18.6. The maximum atomic E-state index is 5.11. The summed E-state index contributed by atoms with van der Waals surface area (Å²) >= 11 is 0. The van der Waals surface area contributed by atoms with Crippen LogP contribution in [0, 0.1) is 20.8 Å². The molecule has 0 bridgehead atoms. The van der Waals surface area contributed by atoms with E-state index in [9.17, 15) is 0 Å². The molecule has 11 rings (SSSR count). The number of nitrogens with zero attached hydrogens (tertiary/aromatic N) is 5. The second kappa shape index (κ2) is 11.6. The number of anilines is 3. The molecule has 254 valence electrons. The predicted molar refractivity (Wildman–Crippen MR) is 224 cm³/mol. The Morgan fingerprint density at radius 3 is 1.78 bits per heavy atom. The van der Waals surface area contributed by atoms with E-state index in [4.69, 9.17) is 15.0 Å². The number of fused-ring (bicyclic) bond motifs is 7. The first kappa shape index (κ1) is 30.8. The van der Waals surface area contributed by atoms with Crippen molar-refractivity contribution in [2.75, 3.05) is 4.90 Å². The van der Waals surface area contributed by atoms with E-state index in [1.165, 1.54) is 72.1 Å². The van der Waals surface area contributed by atoms with Gasteiger partial charge in [-0.2, -0.15) is 0 Å². The molecule has 4 heterocycles. The standard InChI is InChI=1S/C48H34BN5/c1-29-26-30(2)44(31(3)27-29)53-40-22-11-10-21-39(40)49-43-36(18-13-23-41(43)53)38-20-12-19-37-35-25-24-34(28-42(35)54(49)45(37)38)48-51-46(32-14-6-4-7-15-32)50-47(52-48)33-16-8-5-9-17-33/h4-28H,1-3H3. The van der Waals surface area contributed by atoms with Crippen LogP contribution < -0.4 is 15.8 Å². The molecule has 0 fully saturated rings. The monoisotopic (exact) mass is 691 g/mol. The largest absolute Gasteiger partial charge is 0.375 e. The molecule has 0 spiro atoms. The van der Waals surface area contributed by atoms with Crippen LogP contribution in [0.1, 0.15) is 16.7 Å². The van der Waals surface area contributed by atoms with E-state index in [-0.39, 0.29) is 6.85 Å². The van der Waals surface area contributed by atoms with Crippen LogP contribution >= 0.6 is 0 Å². The molecule has 0 aliphatic carbocycles. The summed E-state index contributed by atoms with van der Waals surface area (Å²) in [4.78, 5) is 17.7. The first-order chi connectivity index (χ1) is 26.5. The van der Waals surface area contributed by atoms with Crippen molar-refractivity contribution in [2.24, 2.45) is 0 Å². The second-order valence-electron chi connectivity index (χ2n) is 14.6. The molecule has 2 aliphatic rings. The maximum absolute atomic E-state index is 5.11. The molecule has 7 aromatic carbocycles. The SMILES string of the molecule is Cc1cc(C)c(N2c3ccccc3B3c4c(cccc42)-c2cccc4c5ccc(-c6nc(-c7ccccc7)nc(-c7ccccc7)n6)cc5n3c24)c(C)c1. The zero-order valence-electron chi connectivity index (χ0n) is 30.2. The summed E-state index contributed by atoms with van der Waals surface area (Å²) in [5, 5.41) is 2.47. The summed E-state index contributed by atoms with van der Waals surface area (Å²) < 4.78 is 2.60. The minimum Gasteiger partial charge on any atom is -0.375 e. The molecule has 54 heavy (non-hydrogen) atoms. The lowest BCUT2D eigenvalue weighted by atomic mass is 9.45. The van der Waals surface area contributed by atoms with E-state index in [1.54, 1.807) is 0 Å². The number of aryl methyl sites for hydroxylation is 3. The summed E-state index contributed by atoms with van der Waals surface area (Å²) in [5.41, 5.74) is 18.0. The highest BCUT2D eigenvalue weighted by Gasteiger charge is 2.42. The predicted octanol–water partition coefficient (Wildman–Crippen LogP) is 10.3. The van der Waals surface area contributed by atoms with Crippen molar-refractivity contribution in [3.63, 3.8) is 0 Å². The van der Waals surface area contributed by atoms with Gasteiger partial charge < -0.3 is 9.38 Å². The van der Waals surface area contributed by atoms with Crippen LogP contribution in [-0.2, 0) is 0 Å². The third-order valence-corrected chi connectivity index (χ3v) is 11.3. The van der Waals surface area contributed by atoms with E-state index >= 15 is 0 Å². The van der Waals surface area contributed by atoms with Gasteiger partial charge in [-0.05, 0) is 66.6 Å². The minimum absolute atomic E-state index is 0.0296. The molecule has 5 nitrogen and oxygen atoms in total. The quantitative estimate of drug-likeness (QED) is 0.172. The normalized spacial score (nSPS) is 12.6. The molecule has 0 saturated carbocycles. The highest BCUT2D eigenvalue weighted by Crippen LogP contribution is 2.46. The third-order valence-electron chi connectivity index (χ3n) is 11.3. The van der Waals surface area contributed by atoms with Gasteiger partial charge in [0.1, 0.15) is 0 Å². The molecular weight excluding hydrogens is 657 g/mol. The Bertz CT molecular complexity index is 2910. The van der Waals surface area contributed by atoms with Gasteiger partial charge in [0.2, 0.25) is 0 Å². The van der Waals surface area contributed by atoms with Crippen molar-refractivity contribution in [3.05, 3.63) is 168 Å². The van der Waals surface area contributed by atoms with Gasteiger partial charge in [0.05, 0.1) is 5.69 Å². The van der Waals surface area contributed by atoms with E-state index in [1.807, 2.05) is 36.4 Å². The molecule has 2 aliphatic heterocycles. The van der Waals surface area contributed by atoms with Gasteiger partial charge in [0, 0.05) is 55.4 Å². The number of benzene rings is 7. The smallest absolute Gasteiger partial charge is 0.333 e. The summed E-state index contributed by atoms with van der Waals surface area (Å²) in [5.74, 6) is 1.97. The molecule has 0 radical (unpaired) electrons. The zero-order valence-corrected chi connectivity index (χ0v) is 30.2. The van der Waals surface area contributed by atoms with E-state index < -0.39 is 0 Å². The maximum Gasteiger partial charge on any atom is 0.333 e. The van der Waals surface area contributed by atoms with Crippen molar-refractivity contribution in [3.8, 4) is 45.3 Å². The van der Waals surface area contributed by atoms with Gasteiger partial charge in [-0.15, -0.1) is 0 Å². The van der Waals surface area contributed by atoms with Crippen LogP contribution in [0.5, 0.6) is 0 Å². The average Bonchev–Trinajstić information content (AvgIpc) is 3.54. The fourth-order valence-electron chi connectivity index (χ4n) is 9.17. The van der Waals surface area contributed by atoms with Gasteiger partial charge in [-0.3, -0.25) is 0 Å². The lowest BCUT2D eigenvalue weighted by Crippen LogP contribution is -2.56. The van der Waals surface area contributed by atoms with E-state index in [2.05, 4.69) is 145 Å². The molecule has 0 N–H and O–H groups in total. The van der Waals surface area contributed by atoms with Gasteiger partial charge >= 0.3 is 6.85 Å². The minimum atomic E-state index is -0.0296. The molecule has 9 aromatic rings. The van der Waals surface area contributed by atoms with Crippen LogP contribution in [-0.4, -0.2) is 26.3 Å². The number of hydrogen-bond acceptors (Lipinski definition) is 4. The number of para-hydroxylation sites is 2. The van der Waals surface area contributed by atoms with Crippen molar-refractivity contribution in [1.82, 2.24) is 19.4 Å². The second-order valence-corrected chi connectivity index (χ2v) is 14.6. The topological polar surface area (TPSA) is 46.8 Å². The van der Waals surface area contributed by atoms with Gasteiger partial charge in [0.15, 0.2) is 17.5 Å². The van der Waals surface area contributed by atoms with Gasteiger partial charge in [-0.25, -0.2) is 15.0 Å². The van der Waals surface area contributed by atoms with Gasteiger partial charge in [0.25, 0.3) is 0 Å². The molecule has 2 aromatic heterocycles. The Morgan fingerprint density at radius 2 is 1.07 bits per heavy atom. The number of aromatic nitrogens is 4. The van der Waals surface area contributed by atoms with Crippen LogP contribution in [0.25, 0.3) is 67.1 Å². The zero-order chi connectivity index (χ0) is 36.1. The molecular formula is C48H34BN5. The Morgan fingerprint density at radius 1 is 0.481 bits per heavy atom. The molecule has 0 atom stereocenters. The number of rotatable bonds is 4. The molecule has 0 amide bonds. The molecule has 0 unspecified atom stereocenters. The molecule has 0 saturated heterocycles. The van der Waals surface area contributed by atoms with Crippen LogP contribution in [0.3, 0.4) is 0 Å². The highest BCUT2D eigenvalue weighted by molar-refractivity contribution is 6.90. The summed E-state index contributed by atoms with van der Waals surface area (Å²) in [6.45, 7) is 6.64. The van der Waals surface area contributed by atoms with Crippen molar-refractivity contribution < 1.29 is 0 Å². The summed E-state index contributed by atoms with van der Waals surface area (Å²) in [6.07, 6.45) is 0. The van der Waals surface area contributed by atoms with Crippen LogP contribution in [0.4, 0.5) is 17.1 Å². The highest BCUT2D eigenvalue weighted by atomic mass is 15.2. The van der Waals surface area contributed by atoms with Crippen LogP contribution in [0.15, 0.2) is 152 Å². The average molecular weight is 692 g/mol. The first-order valence-corrected chi connectivity index (χ1v) is 18.6. The fraction of sp³-hybridized carbons (Fsp3) is 0.0625. The van der Waals surface area contributed by atoms with Crippen molar-refractivity contribution in [1.29, 1.82) is 0 Å². The summed E-state index contributed by atoms with van der Waals surface area (Å²) in [6, 6.07) is 54.3. The molecule has 6 heteroatoms. The Balaban J connectivity index is 1.19. The summed E-state index contributed by atoms with van der Waals surface area (Å²) in [7, 11) is 0. The third kappa shape index (κ3) is 4.43. The van der Waals surface area contributed by atoms with Crippen LogP contribution in [0.2, 0.25) is 0 Å². The van der Waals surface area contributed by atoms with E-state index in [0.29, 0.717) is 17.5 Å².